The maximum atomic E-state index is 12.1. The van der Waals surface area contributed by atoms with Crippen LogP contribution >= 0.6 is 55.7 Å². The van der Waals surface area contributed by atoms with Gasteiger partial charge in [0, 0.05) is 8.95 Å². The molecule has 10 heteroatoms. The van der Waals surface area contributed by atoms with E-state index in [9.17, 15) is 9.59 Å². The second-order valence-corrected chi connectivity index (χ2v) is 7.39. The lowest BCUT2D eigenvalue weighted by Gasteiger charge is -2.12. The Bertz CT molecular complexity index is 851. The summed E-state index contributed by atoms with van der Waals surface area (Å²) in [4.78, 5) is 23.8. The molecule has 0 aromatic heterocycles. The van der Waals surface area contributed by atoms with Crippen molar-refractivity contribution in [3.63, 3.8) is 0 Å². The van der Waals surface area contributed by atoms with Gasteiger partial charge in [-0.2, -0.15) is 0 Å². The number of hydrogen-bond acceptors (Lipinski definition) is 4. The van der Waals surface area contributed by atoms with Gasteiger partial charge in [-0.25, -0.2) is 0 Å². The van der Waals surface area contributed by atoms with Crippen LogP contribution in [0.4, 0.5) is 0 Å². The van der Waals surface area contributed by atoms with E-state index in [1.54, 1.807) is 42.5 Å². The average molecular weight is 522 g/mol. The molecule has 0 unspecified atom stereocenters. The summed E-state index contributed by atoms with van der Waals surface area (Å²) in [6.07, 6.45) is 0. The first-order valence-corrected chi connectivity index (χ1v) is 9.46. The van der Waals surface area contributed by atoms with Crippen molar-refractivity contribution >= 4 is 72.6 Å². The Labute approximate surface area is 176 Å². The van der Waals surface area contributed by atoms with E-state index in [1.165, 1.54) is 0 Å². The molecule has 0 fully saturated rings. The molecule has 26 heavy (non-hydrogen) atoms. The number of nitrogens with one attached hydrogen (secondary N) is 3. The van der Waals surface area contributed by atoms with Gasteiger partial charge in [-0.05, 0) is 58.5 Å². The Morgan fingerprint density at radius 2 is 1.85 bits per heavy atom. The summed E-state index contributed by atoms with van der Waals surface area (Å²) in [5, 5.41) is 2.77. The number of rotatable bonds is 4. The number of halogens is 3. The zero-order valence-corrected chi connectivity index (χ0v) is 17.8. The van der Waals surface area contributed by atoms with Gasteiger partial charge >= 0.3 is 0 Å². The molecule has 0 saturated heterocycles. The molecule has 2 amide bonds. The summed E-state index contributed by atoms with van der Waals surface area (Å²) in [5.74, 6) is -0.543. The molecule has 136 valence electrons. The van der Waals surface area contributed by atoms with Gasteiger partial charge in [0.25, 0.3) is 11.8 Å². The fourth-order valence-corrected chi connectivity index (χ4v) is 3.08. The molecule has 0 aliphatic rings. The molecule has 0 radical (unpaired) electrons. The van der Waals surface area contributed by atoms with Crippen LogP contribution < -0.4 is 20.9 Å². The lowest BCUT2D eigenvalue weighted by atomic mass is 10.2. The number of hydrazine groups is 1. The highest BCUT2D eigenvalue weighted by Crippen LogP contribution is 2.27. The van der Waals surface area contributed by atoms with Crippen molar-refractivity contribution in [2.24, 2.45) is 0 Å². The second-order valence-electron chi connectivity index (χ2n) is 4.80. The molecule has 6 nitrogen and oxygen atoms in total. The van der Waals surface area contributed by atoms with Crippen LogP contribution in [0.2, 0.25) is 5.02 Å². The molecule has 2 aromatic carbocycles. The van der Waals surface area contributed by atoms with Crippen LogP contribution in [0.25, 0.3) is 0 Å². The monoisotopic (exact) mass is 519 g/mol. The predicted octanol–water partition coefficient (Wildman–Crippen LogP) is 3.58. The molecule has 0 spiro atoms. The highest BCUT2D eigenvalue weighted by atomic mass is 79.9. The third-order valence-corrected chi connectivity index (χ3v) is 4.60. The summed E-state index contributed by atoms with van der Waals surface area (Å²) < 4.78 is 6.74. The van der Waals surface area contributed by atoms with Crippen LogP contribution in [0.15, 0.2) is 51.4 Å². The molecule has 0 aliphatic carbocycles. The molecule has 2 rings (SSSR count). The van der Waals surface area contributed by atoms with Crippen LogP contribution in [-0.4, -0.2) is 23.5 Å². The van der Waals surface area contributed by atoms with E-state index < -0.39 is 11.8 Å². The Balaban J connectivity index is 1.77. The van der Waals surface area contributed by atoms with Crippen molar-refractivity contribution in [3.05, 3.63) is 62.0 Å². The third-order valence-electron chi connectivity index (χ3n) is 2.91. The Morgan fingerprint density at radius 1 is 1.12 bits per heavy atom. The van der Waals surface area contributed by atoms with Crippen molar-refractivity contribution < 1.29 is 14.3 Å². The molecule has 0 atom stereocenters. The molecule has 0 aliphatic heterocycles. The lowest BCUT2D eigenvalue weighted by molar-refractivity contribution is -0.123. The number of benzene rings is 2. The third kappa shape index (κ3) is 6.24. The highest BCUT2D eigenvalue weighted by Gasteiger charge is 2.11. The molecule has 2 aromatic rings. The van der Waals surface area contributed by atoms with Crippen LogP contribution in [0.1, 0.15) is 10.4 Å². The quantitative estimate of drug-likeness (QED) is 0.424. The largest absolute Gasteiger partial charge is 0.482 e. The van der Waals surface area contributed by atoms with Gasteiger partial charge in [0.05, 0.1) is 10.6 Å². The fraction of sp³-hybridized carbons (Fsp3) is 0.0625. The molecule has 0 bridgehead atoms. The Hall–Kier alpha value is -1.68. The number of carbonyl (C=O) groups is 2. The first-order valence-electron chi connectivity index (χ1n) is 7.09. The smallest absolute Gasteiger partial charge is 0.276 e. The highest BCUT2D eigenvalue weighted by molar-refractivity contribution is 9.10. The van der Waals surface area contributed by atoms with Gasteiger partial charge in [0.1, 0.15) is 5.75 Å². The summed E-state index contributed by atoms with van der Waals surface area (Å²) >= 11 is 17.5. The maximum Gasteiger partial charge on any atom is 0.276 e. The summed E-state index contributed by atoms with van der Waals surface area (Å²) in [6, 6.07) is 11.9. The maximum absolute atomic E-state index is 12.1. The van der Waals surface area contributed by atoms with Gasteiger partial charge in [-0.3, -0.25) is 25.8 Å². The minimum absolute atomic E-state index is 0.0548. The second kappa shape index (κ2) is 9.86. The van der Waals surface area contributed by atoms with Crippen LogP contribution in [0.5, 0.6) is 5.75 Å². The number of carbonyl (C=O) groups excluding carboxylic acids is 2. The molecular formula is C16H12Br2ClN3O3S. The van der Waals surface area contributed by atoms with Crippen LogP contribution in [0, 0.1) is 0 Å². The normalized spacial score (nSPS) is 9.96. The first kappa shape index (κ1) is 20.6. The van der Waals surface area contributed by atoms with Crippen molar-refractivity contribution in [1.82, 2.24) is 16.2 Å². The number of thiocarbonyl (C=S) groups is 1. The Morgan fingerprint density at radius 3 is 2.54 bits per heavy atom. The van der Waals surface area contributed by atoms with Gasteiger partial charge in [0.15, 0.2) is 11.7 Å². The van der Waals surface area contributed by atoms with Crippen molar-refractivity contribution in [3.8, 4) is 5.75 Å². The fourth-order valence-electron chi connectivity index (χ4n) is 1.75. The predicted molar refractivity (Wildman–Crippen MR) is 110 cm³/mol. The number of ether oxygens (including phenoxy) is 1. The van der Waals surface area contributed by atoms with Crippen molar-refractivity contribution in [2.75, 3.05) is 6.61 Å². The SMILES string of the molecule is O=C(COc1ccc(Br)cc1Cl)NNC(=S)NC(=O)c1ccccc1Br. The number of hydrogen-bond donors (Lipinski definition) is 3. The molecule has 0 heterocycles. The molecule has 3 N–H and O–H groups in total. The van der Waals surface area contributed by atoms with Crippen molar-refractivity contribution in [2.45, 2.75) is 0 Å². The first-order chi connectivity index (χ1) is 12.4. The summed E-state index contributed by atoms with van der Waals surface area (Å²) in [7, 11) is 0. The topological polar surface area (TPSA) is 79.5 Å². The van der Waals surface area contributed by atoms with E-state index in [-0.39, 0.29) is 11.7 Å². The Kier molecular flexibility index (Phi) is 7.83. The van der Waals surface area contributed by atoms with Gasteiger partial charge in [-0.1, -0.05) is 39.7 Å². The van der Waals surface area contributed by atoms with Crippen molar-refractivity contribution in [1.29, 1.82) is 0 Å². The van der Waals surface area contributed by atoms with Gasteiger partial charge in [-0.15, -0.1) is 0 Å². The van der Waals surface area contributed by atoms with E-state index in [0.29, 0.717) is 20.8 Å². The van der Waals surface area contributed by atoms with E-state index in [2.05, 4.69) is 48.0 Å². The summed E-state index contributed by atoms with van der Waals surface area (Å²) in [6.45, 7) is -0.283. The number of amides is 2. The zero-order valence-electron chi connectivity index (χ0n) is 13.0. The molecule has 0 saturated carbocycles. The zero-order chi connectivity index (χ0) is 19.1. The molecular weight excluding hydrogens is 510 g/mol. The van der Waals surface area contributed by atoms with E-state index in [1.807, 2.05) is 0 Å². The van der Waals surface area contributed by atoms with Crippen LogP contribution in [-0.2, 0) is 4.79 Å². The van der Waals surface area contributed by atoms with E-state index in [4.69, 9.17) is 28.6 Å². The van der Waals surface area contributed by atoms with E-state index >= 15 is 0 Å². The average Bonchev–Trinajstić information content (AvgIpc) is 2.59. The van der Waals surface area contributed by atoms with Crippen LogP contribution in [0.3, 0.4) is 0 Å². The van der Waals surface area contributed by atoms with Gasteiger partial charge in [0.2, 0.25) is 0 Å². The standard InChI is InChI=1S/C16H12Br2ClN3O3S/c17-9-5-6-13(12(19)7-9)25-8-14(23)21-22-16(26)20-15(24)10-3-1-2-4-11(10)18/h1-7H,8H2,(H,21,23)(H2,20,22,24,26). The van der Waals surface area contributed by atoms with E-state index in [0.717, 1.165) is 4.47 Å². The minimum Gasteiger partial charge on any atom is -0.482 e. The summed E-state index contributed by atoms with van der Waals surface area (Å²) in [5.41, 5.74) is 5.16. The van der Waals surface area contributed by atoms with Gasteiger partial charge < -0.3 is 4.74 Å². The lowest BCUT2D eigenvalue weighted by Crippen LogP contribution is -2.49. The minimum atomic E-state index is -0.499.